The van der Waals surface area contributed by atoms with Gasteiger partial charge in [-0.2, -0.15) is 5.26 Å². The van der Waals surface area contributed by atoms with Crippen molar-refractivity contribution in [3.05, 3.63) is 53.8 Å². The van der Waals surface area contributed by atoms with Crippen molar-refractivity contribution in [1.29, 1.82) is 5.26 Å². The predicted molar refractivity (Wildman–Crippen MR) is 144 cm³/mol. The highest BCUT2D eigenvalue weighted by atomic mass is 32.2. The molecule has 1 aliphatic heterocycles. The Morgan fingerprint density at radius 2 is 1.82 bits per heavy atom. The Labute approximate surface area is 229 Å². The number of rotatable bonds is 7. The number of carbonyl (C=O) groups excluding carboxylic acids is 2. The van der Waals surface area contributed by atoms with E-state index in [1.807, 2.05) is 6.07 Å². The molecular weight excluding hydrogens is 521 g/mol. The number of fused-ring (bicyclic) bond motifs is 2. The van der Waals surface area contributed by atoms with E-state index < -0.39 is 45.3 Å². The highest BCUT2D eigenvalue weighted by Crippen LogP contribution is 2.43. The standard InChI is InChI=1S/C29H34FN3O5S/c1-5-39(36,37)24-12-9-18(10-13-24)19-6-7-20(25(30)16-19)14-22(17-31)32-27(34)26-21-8-11-23(15-21)33(26)28(35)38-29(2,3)4/h6-7,9-10,12-13,16,21-23,26H,5,8,11,14-15H2,1-4H3,(H,32,34)/t21-,22?,23+,26-/m0/s1. The summed E-state index contributed by atoms with van der Waals surface area (Å²) in [7, 11) is -3.33. The van der Waals surface area contributed by atoms with E-state index in [9.17, 15) is 23.3 Å². The second-order valence-electron chi connectivity index (χ2n) is 11.2. The molecule has 0 radical (unpaired) electrons. The van der Waals surface area contributed by atoms with E-state index in [2.05, 4.69) is 5.32 Å². The molecule has 208 valence electrons. The summed E-state index contributed by atoms with van der Waals surface area (Å²) < 4.78 is 44.7. The highest BCUT2D eigenvalue weighted by Gasteiger charge is 2.52. The highest BCUT2D eigenvalue weighted by molar-refractivity contribution is 7.91. The first-order valence-corrected chi connectivity index (χ1v) is 14.8. The molecule has 2 amide bonds. The van der Waals surface area contributed by atoms with E-state index in [1.165, 1.54) is 23.1 Å². The van der Waals surface area contributed by atoms with Crippen molar-refractivity contribution in [2.45, 2.75) is 82.0 Å². The fourth-order valence-electron chi connectivity index (χ4n) is 5.42. The second kappa shape index (κ2) is 11.0. The van der Waals surface area contributed by atoms with Crippen LogP contribution >= 0.6 is 0 Å². The quantitative estimate of drug-likeness (QED) is 0.533. The average molecular weight is 556 g/mol. The SMILES string of the molecule is CCS(=O)(=O)c1ccc(-c2ccc(CC(C#N)NC(=O)[C@@H]3[C@H]4CC[C@H](C4)N3C(=O)OC(C)(C)C)c(F)c2)cc1. The maximum Gasteiger partial charge on any atom is 0.411 e. The Balaban J connectivity index is 1.45. The van der Waals surface area contributed by atoms with Crippen LogP contribution in [0.1, 0.15) is 52.5 Å². The second-order valence-corrected chi connectivity index (χ2v) is 13.5. The zero-order valence-corrected chi connectivity index (χ0v) is 23.4. The lowest BCUT2D eigenvalue weighted by Gasteiger charge is -2.35. The molecule has 2 fully saturated rings. The normalized spacial score (nSPS) is 21.3. The first-order valence-electron chi connectivity index (χ1n) is 13.2. The average Bonchev–Trinajstić information content (AvgIpc) is 3.50. The molecule has 39 heavy (non-hydrogen) atoms. The van der Waals surface area contributed by atoms with Crippen LogP contribution in [0.2, 0.25) is 0 Å². The summed E-state index contributed by atoms with van der Waals surface area (Å²) in [4.78, 5) is 27.9. The molecule has 0 spiro atoms. The van der Waals surface area contributed by atoms with Gasteiger partial charge in [-0.1, -0.05) is 31.2 Å². The van der Waals surface area contributed by atoms with E-state index in [1.54, 1.807) is 52.0 Å². The summed E-state index contributed by atoms with van der Waals surface area (Å²) in [6.45, 7) is 6.88. The van der Waals surface area contributed by atoms with Crippen LogP contribution in [0.25, 0.3) is 11.1 Å². The van der Waals surface area contributed by atoms with Gasteiger partial charge in [0.25, 0.3) is 0 Å². The monoisotopic (exact) mass is 555 g/mol. The topological polar surface area (TPSA) is 117 Å². The minimum atomic E-state index is -3.33. The Kier molecular flexibility index (Phi) is 8.03. The molecule has 1 N–H and O–H groups in total. The number of hydrogen-bond acceptors (Lipinski definition) is 6. The number of nitrogens with one attached hydrogen (secondary N) is 1. The van der Waals surface area contributed by atoms with Crippen LogP contribution in [0.4, 0.5) is 9.18 Å². The lowest BCUT2D eigenvalue weighted by Crippen LogP contribution is -2.55. The molecule has 1 aliphatic carbocycles. The van der Waals surface area contributed by atoms with Gasteiger partial charge in [-0.15, -0.1) is 0 Å². The minimum absolute atomic E-state index is 0.00316. The third-order valence-corrected chi connectivity index (χ3v) is 9.08. The van der Waals surface area contributed by atoms with Crippen LogP contribution in [-0.4, -0.2) is 54.8 Å². The summed E-state index contributed by atoms with van der Waals surface area (Å²) in [5.41, 5.74) is 0.768. The summed E-state index contributed by atoms with van der Waals surface area (Å²) in [5, 5.41) is 12.4. The van der Waals surface area contributed by atoms with E-state index in [-0.39, 0.29) is 34.6 Å². The van der Waals surface area contributed by atoms with Crippen LogP contribution in [0.15, 0.2) is 47.4 Å². The molecule has 0 aromatic heterocycles. The fourth-order valence-corrected chi connectivity index (χ4v) is 6.31. The molecule has 1 unspecified atom stereocenters. The Bertz CT molecular complexity index is 1400. The summed E-state index contributed by atoms with van der Waals surface area (Å²) >= 11 is 0. The van der Waals surface area contributed by atoms with Crippen LogP contribution in [0.5, 0.6) is 0 Å². The van der Waals surface area contributed by atoms with Gasteiger partial charge in [0, 0.05) is 12.5 Å². The van der Waals surface area contributed by atoms with Gasteiger partial charge in [0.1, 0.15) is 23.5 Å². The summed E-state index contributed by atoms with van der Waals surface area (Å²) in [5.74, 6) is -0.981. The molecule has 1 saturated heterocycles. The molecule has 2 aromatic carbocycles. The number of nitrogens with zero attached hydrogens (tertiary/aromatic N) is 2. The van der Waals surface area contributed by atoms with Crippen LogP contribution < -0.4 is 5.32 Å². The molecule has 8 nitrogen and oxygen atoms in total. The third kappa shape index (κ3) is 6.25. The van der Waals surface area contributed by atoms with Crippen molar-refractivity contribution in [2.75, 3.05) is 5.75 Å². The van der Waals surface area contributed by atoms with E-state index in [0.29, 0.717) is 11.1 Å². The van der Waals surface area contributed by atoms with Gasteiger partial charge in [-0.25, -0.2) is 17.6 Å². The Morgan fingerprint density at radius 3 is 2.41 bits per heavy atom. The number of benzene rings is 2. The lowest BCUT2D eigenvalue weighted by molar-refractivity contribution is -0.128. The maximum absolute atomic E-state index is 15.1. The van der Waals surface area contributed by atoms with Crippen LogP contribution in [-0.2, 0) is 25.8 Å². The molecule has 10 heteroatoms. The first kappa shape index (κ1) is 28.6. The molecule has 2 aromatic rings. The van der Waals surface area contributed by atoms with E-state index >= 15 is 4.39 Å². The van der Waals surface area contributed by atoms with Crippen molar-refractivity contribution in [2.24, 2.45) is 5.92 Å². The number of carbonyl (C=O) groups is 2. The van der Waals surface area contributed by atoms with Crippen molar-refractivity contribution >= 4 is 21.8 Å². The predicted octanol–water partition coefficient (Wildman–Crippen LogP) is 4.63. The number of hydrogen-bond donors (Lipinski definition) is 1. The molecule has 1 heterocycles. The zero-order valence-electron chi connectivity index (χ0n) is 22.6. The van der Waals surface area contributed by atoms with Crippen molar-refractivity contribution in [1.82, 2.24) is 10.2 Å². The molecule has 4 rings (SSSR count). The lowest BCUT2D eigenvalue weighted by atomic mass is 9.97. The van der Waals surface area contributed by atoms with Crippen molar-refractivity contribution in [3.63, 3.8) is 0 Å². The van der Waals surface area contributed by atoms with Gasteiger partial charge in [0.05, 0.1) is 16.7 Å². The molecule has 1 saturated carbocycles. The molecule has 2 aliphatic rings. The number of likely N-dealkylation sites (tertiary alicyclic amines) is 1. The van der Waals surface area contributed by atoms with Gasteiger partial charge in [-0.3, -0.25) is 9.69 Å². The summed E-state index contributed by atoms with van der Waals surface area (Å²) in [6, 6.07) is 11.1. The number of piperidine rings is 1. The largest absolute Gasteiger partial charge is 0.444 e. The van der Waals surface area contributed by atoms with Gasteiger partial charge >= 0.3 is 6.09 Å². The number of halogens is 1. The minimum Gasteiger partial charge on any atom is -0.444 e. The molecule has 4 atom stereocenters. The van der Waals surface area contributed by atoms with Crippen molar-refractivity contribution in [3.8, 4) is 17.2 Å². The van der Waals surface area contributed by atoms with Gasteiger partial charge < -0.3 is 10.1 Å². The third-order valence-electron chi connectivity index (χ3n) is 7.33. The molecule has 2 bridgehead atoms. The molecular formula is C29H34FN3O5S. The first-order chi connectivity index (χ1) is 18.3. The smallest absolute Gasteiger partial charge is 0.411 e. The van der Waals surface area contributed by atoms with Crippen molar-refractivity contribution < 1.29 is 27.1 Å². The Morgan fingerprint density at radius 1 is 1.15 bits per heavy atom. The maximum atomic E-state index is 15.1. The number of nitriles is 1. The van der Waals surface area contributed by atoms with Crippen LogP contribution in [0, 0.1) is 23.1 Å². The summed E-state index contributed by atoms with van der Waals surface area (Å²) in [6.07, 6.45) is 1.76. The number of amides is 2. The fraction of sp³-hybridized carbons (Fsp3) is 0.483. The number of sulfone groups is 1. The van der Waals surface area contributed by atoms with E-state index in [4.69, 9.17) is 4.74 Å². The van der Waals surface area contributed by atoms with Gasteiger partial charge in [-0.05, 0) is 80.8 Å². The van der Waals surface area contributed by atoms with Gasteiger partial charge in [0.2, 0.25) is 5.91 Å². The number of ether oxygens (including phenoxy) is 1. The van der Waals surface area contributed by atoms with E-state index in [0.717, 1.165) is 19.3 Å². The zero-order chi connectivity index (χ0) is 28.5. The van der Waals surface area contributed by atoms with Crippen LogP contribution in [0.3, 0.4) is 0 Å². The van der Waals surface area contributed by atoms with Gasteiger partial charge in [0.15, 0.2) is 9.84 Å². The Hall–Kier alpha value is -3.45.